The summed E-state index contributed by atoms with van der Waals surface area (Å²) in [7, 11) is 0. The first kappa shape index (κ1) is 8.71. The molecule has 0 spiro atoms. The molecule has 1 heterocycles. The van der Waals surface area contributed by atoms with E-state index in [1.807, 2.05) is 24.3 Å². The SMILES string of the molecule is CCc1ncc(C#N)c2ccccc12. The van der Waals surface area contributed by atoms with Crippen LogP contribution in [0.5, 0.6) is 0 Å². The Balaban J connectivity index is 2.87. The number of hydrogen-bond acceptors (Lipinski definition) is 2. The Labute approximate surface area is 82.8 Å². The van der Waals surface area contributed by atoms with Gasteiger partial charge in [-0.25, -0.2) is 0 Å². The van der Waals surface area contributed by atoms with Crippen molar-refractivity contribution in [3.8, 4) is 6.07 Å². The highest BCUT2D eigenvalue weighted by atomic mass is 14.7. The molecule has 1 aromatic heterocycles. The number of benzene rings is 1. The predicted molar refractivity (Wildman–Crippen MR) is 55.8 cm³/mol. The average molecular weight is 182 g/mol. The van der Waals surface area contributed by atoms with E-state index in [1.54, 1.807) is 6.20 Å². The Kier molecular flexibility index (Phi) is 2.16. The Morgan fingerprint density at radius 3 is 2.64 bits per heavy atom. The zero-order chi connectivity index (χ0) is 9.97. The number of aromatic nitrogens is 1. The molecule has 2 heteroatoms. The van der Waals surface area contributed by atoms with E-state index in [2.05, 4.69) is 18.0 Å². The normalized spacial score (nSPS) is 10.0. The topological polar surface area (TPSA) is 36.7 Å². The van der Waals surface area contributed by atoms with Crippen LogP contribution in [0.2, 0.25) is 0 Å². The number of rotatable bonds is 1. The van der Waals surface area contributed by atoms with E-state index in [-0.39, 0.29) is 0 Å². The Morgan fingerprint density at radius 2 is 2.00 bits per heavy atom. The summed E-state index contributed by atoms with van der Waals surface area (Å²) < 4.78 is 0. The van der Waals surface area contributed by atoms with Gasteiger partial charge in [0.15, 0.2) is 0 Å². The number of nitrogens with zero attached hydrogens (tertiary/aromatic N) is 2. The van der Waals surface area contributed by atoms with Crippen molar-refractivity contribution in [2.45, 2.75) is 13.3 Å². The molecule has 0 atom stereocenters. The number of aryl methyl sites for hydroxylation is 1. The van der Waals surface area contributed by atoms with E-state index in [4.69, 9.17) is 5.26 Å². The monoisotopic (exact) mass is 182 g/mol. The van der Waals surface area contributed by atoms with E-state index in [0.717, 1.165) is 22.9 Å². The molecule has 2 aromatic rings. The second kappa shape index (κ2) is 3.47. The molecule has 0 fully saturated rings. The molecule has 68 valence electrons. The summed E-state index contributed by atoms with van der Waals surface area (Å²) in [5.41, 5.74) is 1.71. The smallest absolute Gasteiger partial charge is 0.101 e. The Bertz CT molecular complexity index is 509. The first-order chi connectivity index (χ1) is 6.86. The molecule has 0 radical (unpaired) electrons. The van der Waals surface area contributed by atoms with Crippen LogP contribution < -0.4 is 0 Å². The molecule has 0 N–H and O–H groups in total. The zero-order valence-corrected chi connectivity index (χ0v) is 7.99. The summed E-state index contributed by atoms with van der Waals surface area (Å²) in [4.78, 5) is 4.27. The average Bonchev–Trinajstić information content (AvgIpc) is 2.27. The van der Waals surface area contributed by atoms with Crippen LogP contribution in [0.15, 0.2) is 30.5 Å². The van der Waals surface area contributed by atoms with Crippen LogP contribution in [0.1, 0.15) is 18.2 Å². The molecule has 2 nitrogen and oxygen atoms in total. The second-order valence-electron chi connectivity index (χ2n) is 3.13. The van der Waals surface area contributed by atoms with Crippen LogP contribution in [0, 0.1) is 11.3 Å². The third-order valence-electron chi connectivity index (χ3n) is 2.33. The lowest BCUT2D eigenvalue weighted by atomic mass is 10.0. The lowest BCUT2D eigenvalue weighted by molar-refractivity contribution is 1.06. The Morgan fingerprint density at radius 1 is 1.29 bits per heavy atom. The molecule has 0 bridgehead atoms. The van der Waals surface area contributed by atoms with Gasteiger partial charge in [0, 0.05) is 22.7 Å². The second-order valence-corrected chi connectivity index (χ2v) is 3.13. The van der Waals surface area contributed by atoms with Crippen molar-refractivity contribution in [3.63, 3.8) is 0 Å². The summed E-state index contributed by atoms with van der Waals surface area (Å²) in [5, 5.41) is 11.0. The molecule has 0 saturated heterocycles. The highest BCUT2D eigenvalue weighted by Crippen LogP contribution is 2.20. The summed E-state index contributed by atoms with van der Waals surface area (Å²) in [5.74, 6) is 0. The molecule has 0 amide bonds. The van der Waals surface area contributed by atoms with Crippen molar-refractivity contribution in [2.75, 3.05) is 0 Å². The fourth-order valence-corrected chi connectivity index (χ4v) is 1.62. The summed E-state index contributed by atoms with van der Waals surface area (Å²) in [6.45, 7) is 2.07. The first-order valence-electron chi connectivity index (χ1n) is 4.63. The number of pyridine rings is 1. The highest BCUT2D eigenvalue weighted by molar-refractivity contribution is 5.89. The molecule has 0 unspecified atom stereocenters. The molecule has 1 aromatic carbocycles. The third kappa shape index (κ3) is 1.23. The molecule has 14 heavy (non-hydrogen) atoms. The van der Waals surface area contributed by atoms with E-state index in [9.17, 15) is 0 Å². The van der Waals surface area contributed by atoms with Crippen LogP contribution in [0.3, 0.4) is 0 Å². The minimum absolute atomic E-state index is 0.651. The Hall–Kier alpha value is -1.88. The highest BCUT2D eigenvalue weighted by Gasteiger charge is 2.04. The van der Waals surface area contributed by atoms with Crippen molar-refractivity contribution in [1.29, 1.82) is 5.26 Å². The van der Waals surface area contributed by atoms with Crippen LogP contribution in [-0.4, -0.2) is 4.98 Å². The minimum atomic E-state index is 0.651. The van der Waals surface area contributed by atoms with Gasteiger partial charge in [-0.15, -0.1) is 0 Å². The quantitative estimate of drug-likeness (QED) is 0.679. The summed E-state index contributed by atoms with van der Waals surface area (Å²) >= 11 is 0. The van der Waals surface area contributed by atoms with Crippen LogP contribution >= 0.6 is 0 Å². The van der Waals surface area contributed by atoms with E-state index in [1.165, 1.54) is 0 Å². The van der Waals surface area contributed by atoms with Gasteiger partial charge < -0.3 is 0 Å². The number of hydrogen-bond donors (Lipinski definition) is 0. The van der Waals surface area contributed by atoms with Gasteiger partial charge in [0.2, 0.25) is 0 Å². The molecular weight excluding hydrogens is 172 g/mol. The molecule has 2 rings (SSSR count). The van der Waals surface area contributed by atoms with Crippen LogP contribution in [0.25, 0.3) is 10.8 Å². The van der Waals surface area contributed by atoms with Gasteiger partial charge in [-0.1, -0.05) is 31.2 Å². The summed E-state index contributed by atoms with van der Waals surface area (Å²) in [6, 6.07) is 10.1. The van der Waals surface area contributed by atoms with Gasteiger partial charge in [-0.05, 0) is 6.42 Å². The fraction of sp³-hybridized carbons (Fsp3) is 0.167. The maximum atomic E-state index is 8.91. The molecule has 0 aliphatic rings. The predicted octanol–water partition coefficient (Wildman–Crippen LogP) is 2.67. The van der Waals surface area contributed by atoms with Gasteiger partial charge in [-0.2, -0.15) is 5.26 Å². The van der Waals surface area contributed by atoms with Crippen LogP contribution in [-0.2, 0) is 6.42 Å². The maximum absolute atomic E-state index is 8.91. The minimum Gasteiger partial charge on any atom is -0.259 e. The van der Waals surface area contributed by atoms with Crippen molar-refractivity contribution in [1.82, 2.24) is 4.98 Å². The first-order valence-corrected chi connectivity index (χ1v) is 4.63. The van der Waals surface area contributed by atoms with E-state index >= 15 is 0 Å². The maximum Gasteiger partial charge on any atom is 0.101 e. The molecule has 0 saturated carbocycles. The van der Waals surface area contributed by atoms with Crippen molar-refractivity contribution < 1.29 is 0 Å². The summed E-state index contributed by atoms with van der Waals surface area (Å²) in [6.07, 6.45) is 2.55. The zero-order valence-electron chi connectivity index (χ0n) is 7.99. The van der Waals surface area contributed by atoms with Gasteiger partial charge in [0.05, 0.1) is 5.56 Å². The molecule has 0 aliphatic heterocycles. The van der Waals surface area contributed by atoms with Crippen molar-refractivity contribution in [2.24, 2.45) is 0 Å². The van der Waals surface area contributed by atoms with Crippen LogP contribution in [0.4, 0.5) is 0 Å². The van der Waals surface area contributed by atoms with Crippen molar-refractivity contribution in [3.05, 3.63) is 41.7 Å². The van der Waals surface area contributed by atoms with Gasteiger partial charge in [0.1, 0.15) is 6.07 Å². The fourth-order valence-electron chi connectivity index (χ4n) is 1.62. The number of nitriles is 1. The van der Waals surface area contributed by atoms with Gasteiger partial charge >= 0.3 is 0 Å². The van der Waals surface area contributed by atoms with E-state index in [0.29, 0.717) is 5.56 Å². The third-order valence-corrected chi connectivity index (χ3v) is 2.33. The molecular formula is C12H10N2. The lowest BCUT2D eigenvalue weighted by Crippen LogP contribution is -1.91. The van der Waals surface area contributed by atoms with E-state index < -0.39 is 0 Å². The van der Waals surface area contributed by atoms with Crippen molar-refractivity contribution >= 4 is 10.8 Å². The molecule has 0 aliphatic carbocycles. The lowest BCUT2D eigenvalue weighted by Gasteiger charge is -2.03. The standard InChI is InChI=1S/C12H10N2/c1-2-12-11-6-4-3-5-10(11)9(7-13)8-14-12/h3-6,8H,2H2,1H3. The van der Waals surface area contributed by atoms with Gasteiger partial charge in [-0.3, -0.25) is 4.98 Å². The largest absolute Gasteiger partial charge is 0.259 e. The number of fused-ring (bicyclic) bond motifs is 1. The van der Waals surface area contributed by atoms with Gasteiger partial charge in [0.25, 0.3) is 0 Å².